The van der Waals surface area contributed by atoms with Gasteiger partial charge in [0.05, 0.1) is 0 Å². The second-order valence-corrected chi connectivity index (χ2v) is 9.31. The summed E-state index contributed by atoms with van der Waals surface area (Å²) in [7, 11) is 2.00. The third kappa shape index (κ3) is 6.50. The van der Waals surface area contributed by atoms with Gasteiger partial charge in [-0.1, -0.05) is 49.4 Å². The van der Waals surface area contributed by atoms with Crippen LogP contribution in [0.25, 0.3) is 0 Å². The predicted molar refractivity (Wildman–Crippen MR) is 142 cm³/mol. The molecule has 0 radical (unpaired) electrons. The van der Waals surface area contributed by atoms with Crippen molar-refractivity contribution in [3.63, 3.8) is 0 Å². The SMILES string of the molecule is CCN(CCCc1cc(C)c2c(c1)CN(Cc1ccc(Oc3ccccc3)cc1)C2=O)CCNC. The Labute approximate surface area is 209 Å². The minimum absolute atomic E-state index is 0.137. The van der Waals surface area contributed by atoms with Crippen molar-refractivity contribution in [1.82, 2.24) is 15.1 Å². The molecule has 0 saturated carbocycles. The van der Waals surface area contributed by atoms with E-state index in [0.717, 1.165) is 72.8 Å². The Morgan fingerprint density at radius 3 is 2.43 bits per heavy atom. The highest BCUT2D eigenvalue weighted by Crippen LogP contribution is 2.29. The molecule has 1 aliphatic rings. The summed E-state index contributed by atoms with van der Waals surface area (Å²) >= 11 is 0. The lowest BCUT2D eigenvalue weighted by Gasteiger charge is -2.20. The summed E-state index contributed by atoms with van der Waals surface area (Å²) < 4.78 is 5.89. The number of carbonyl (C=O) groups excluding carboxylic acids is 1. The van der Waals surface area contributed by atoms with Crippen LogP contribution in [0.5, 0.6) is 11.5 Å². The van der Waals surface area contributed by atoms with Gasteiger partial charge in [-0.05, 0) is 86.4 Å². The van der Waals surface area contributed by atoms with E-state index in [9.17, 15) is 4.79 Å². The fourth-order valence-electron chi connectivity index (χ4n) is 4.79. The molecule has 0 bridgehead atoms. The molecule has 0 spiro atoms. The van der Waals surface area contributed by atoms with Crippen molar-refractivity contribution in [3.8, 4) is 11.5 Å². The Kier molecular flexibility index (Phi) is 8.56. The minimum atomic E-state index is 0.137. The molecule has 0 saturated heterocycles. The molecule has 0 aromatic heterocycles. The first-order valence-electron chi connectivity index (χ1n) is 12.7. The van der Waals surface area contributed by atoms with Gasteiger partial charge in [-0.15, -0.1) is 0 Å². The molecule has 0 fully saturated rings. The second kappa shape index (κ2) is 12.0. The van der Waals surface area contributed by atoms with Gasteiger partial charge in [0.2, 0.25) is 0 Å². The fraction of sp³-hybridized carbons (Fsp3) is 0.367. The summed E-state index contributed by atoms with van der Waals surface area (Å²) in [5.74, 6) is 1.75. The van der Waals surface area contributed by atoms with Crippen molar-refractivity contribution in [3.05, 3.63) is 94.5 Å². The number of nitrogens with zero attached hydrogens (tertiary/aromatic N) is 2. The van der Waals surface area contributed by atoms with Crippen LogP contribution in [0.15, 0.2) is 66.7 Å². The zero-order valence-corrected chi connectivity index (χ0v) is 21.2. The smallest absolute Gasteiger partial charge is 0.255 e. The summed E-state index contributed by atoms with van der Waals surface area (Å²) in [6.45, 7) is 9.85. The van der Waals surface area contributed by atoms with Crippen LogP contribution in [0.1, 0.15) is 46.0 Å². The molecule has 1 aliphatic heterocycles. The van der Waals surface area contributed by atoms with E-state index in [4.69, 9.17) is 4.74 Å². The van der Waals surface area contributed by atoms with Crippen molar-refractivity contribution in [2.75, 3.05) is 33.2 Å². The van der Waals surface area contributed by atoms with Crippen LogP contribution in [0, 0.1) is 6.92 Å². The fourth-order valence-corrected chi connectivity index (χ4v) is 4.79. The first kappa shape index (κ1) is 25.0. The molecule has 0 unspecified atom stereocenters. The maximum atomic E-state index is 13.2. The molecule has 35 heavy (non-hydrogen) atoms. The van der Waals surface area contributed by atoms with Gasteiger partial charge in [-0.3, -0.25) is 4.79 Å². The van der Waals surface area contributed by atoms with E-state index in [-0.39, 0.29) is 5.91 Å². The van der Waals surface area contributed by atoms with E-state index in [1.54, 1.807) is 0 Å². The number of rotatable bonds is 12. The quantitative estimate of drug-likeness (QED) is 0.383. The molecule has 1 heterocycles. The van der Waals surface area contributed by atoms with Crippen LogP contribution in [-0.2, 0) is 19.5 Å². The predicted octanol–water partition coefficient (Wildman–Crippen LogP) is 5.42. The van der Waals surface area contributed by atoms with Crippen molar-refractivity contribution in [1.29, 1.82) is 0 Å². The number of hydrogen-bond donors (Lipinski definition) is 1. The Hall–Kier alpha value is -3.15. The van der Waals surface area contributed by atoms with Crippen molar-refractivity contribution >= 4 is 5.91 Å². The van der Waals surface area contributed by atoms with Crippen LogP contribution in [0.2, 0.25) is 0 Å². The Morgan fingerprint density at radius 1 is 0.971 bits per heavy atom. The van der Waals surface area contributed by atoms with Crippen molar-refractivity contribution in [2.24, 2.45) is 0 Å². The van der Waals surface area contributed by atoms with E-state index in [2.05, 4.69) is 36.2 Å². The molecule has 0 atom stereocenters. The maximum absolute atomic E-state index is 13.2. The van der Waals surface area contributed by atoms with Gasteiger partial charge in [0.15, 0.2) is 0 Å². The second-order valence-electron chi connectivity index (χ2n) is 9.31. The zero-order chi connectivity index (χ0) is 24.6. The van der Waals surface area contributed by atoms with Crippen molar-refractivity contribution in [2.45, 2.75) is 39.8 Å². The number of fused-ring (bicyclic) bond motifs is 1. The van der Waals surface area contributed by atoms with Crippen LogP contribution >= 0.6 is 0 Å². The number of amides is 1. The normalized spacial score (nSPS) is 12.9. The molecule has 1 amide bonds. The van der Waals surface area contributed by atoms with Gasteiger partial charge in [-0.25, -0.2) is 0 Å². The first-order chi connectivity index (χ1) is 17.1. The number of hydrogen-bond acceptors (Lipinski definition) is 4. The van der Waals surface area contributed by atoms with Gasteiger partial charge in [0, 0.05) is 31.7 Å². The molecule has 1 N–H and O–H groups in total. The average Bonchev–Trinajstić information content (AvgIpc) is 3.18. The molecular weight excluding hydrogens is 434 g/mol. The number of ether oxygens (including phenoxy) is 1. The first-order valence-corrected chi connectivity index (χ1v) is 12.7. The Morgan fingerprint density at radius 2 is 1.71 bits per heavy atom. The number of para-hydroxylation sites is 1. The standard InChI is InChI=1S/C30H37N3O2/c1-4-32(18-16-31-3)17-8-9-25-19-23(2)29-26(20-25)22-33(30(29)34)21-24-12-14-28(15-13-24)35-27-10-6-5-7-11-27/h5-7,10-15,19-20,31H,4,8-9,16-18,21-22H2,1-3H3. The number of carbonyl (C=O) groups is 1. The van der Waals surface area contributed by atoms with Gasteiger partial charge < -0.3 is 19.9 Å². The molecule has 5 nitrogen and oxygen atoms in total. The lowest BCUT2D eigenvalue weighted by atomic mass is 9.98. The van der Waals surface area contributed by atoms with E-state index < -0.39 is 0 Å². The number of likely N-dealkylation sites (N-methyl/N-ethyl adjacent to an activating group) is 2. The Balaban J connectivity index is 1.35. The summed E-state index contributed by atoms with van der Waals surface area (Å²) in [5, 5.41) is 3.23. The lowest BCUT2D eigenvalue weighted by Crippen LogP contribution is -2.31. The van der Waals surface area contributed by atoms with E-state index in [1.807, 2.05) is 66.5 Å². The molecular formula is C30H37N3O2. The molecule has 0 aliphatic carbocycles. The summed E-state index contributed by atoms with van der Waals surface area (Å²) in [6, 6.07) is 22.2. The molecule has 184 valence electrons. The number of aryl methyl sites for hydroxylation is 2. The zero-order valence-electron chi connectivity index (χ0n) is 21.2. The molecule has 3 aromatic rings. The maximum Gasteiger partial charge on any atom is 0.255 e. The van der Waals surface area contributed by atoms with Crippen LogP contribution < -0.4 is 10.1 Å². The van der Waals surface area contributed by atoms with E-state index in [1.165, 1.54) is 5.56 Å². The lowest BCUT2D eigenvalue weighted by molar-refractivity contribution is 0.0766. The highest BCUT2D eigenvalue weighted by molar-refractivity contribution is 5.99. The van der Waals surface area contributed by atoms with Crippen LogP contribution in [-0.4, -0.2) is 48.9 Å². The van der Waals surface area contributed by atoms with Gasteiger partial charge in [-0.2, -0.15) is 0 Å². The largest absolute Gasteiger partial charge is 0.457 e. The third-order valence-electron chi connectivity index (χ3n) is 6.68. The summed E-state index contributed by atoms with van der Waals surface area (Å²) in [5.41, 5.74) is 5.59. The monoisotopic (exact) mass is 471 g/mol. The molecule has 4 rings (SSSR count). The van der Waals surface area contributed by atoms with Crippen LogP contribution in [0.3, 0.4) is 0 Å². The van der Waals surface area contributed by atoms with Gasteiger partial charge in [0.25, 0.3) is 5.91 Å². The third-order valence-corrected chi connectivity index (χ3v) is 6.68. The highest BCUT2D eigenvalue weighted by atomic mass is 16.5. The molecule has 3 aromatic carbocycles. The number of nitrogens with one attached hydrogen (secondary N) is 1. The van der Waals surface area contributed by atoms with Crippen molar-refractivity contribution < 1.29 is 9.53 Å². The Bertz CT molecular complexity index is 1110. The minimum Gasteiger partial charge on any atom is -0.457 e. The summed E-state index contributed by atoms with van der Waals surface area (Å²) in [6.07, 6.45) is 2.17. The average molecular weight is 472 g/mol. The summed E-state index contributed by atoms with van der Waals surface area (Å²) in [4.78, 5) is 17.6. The number of benzene rings is 3. The molecule has 5 heteroatoms. The van der Waals surface area contributed by atoms with E-state index in [0.29, 0.717) is 13.1 Å². The van der Waals surface area contributed by atoms with Gasteiger partial charge in [0.1, 0.15) is 11.5 Å². The van der Waals surface area contributed by atoms with Gasteiger partial charge >= 0.3 is 0 Å². The topological polar surface area (TPSA) is 44.8 Å². The highest BCUT2D eigenvalue weighted by Gasteiger charge is 2.29. The van der Waals surface area contributed by atoms with Crippen LogP contribution in [0.4, 0.5) is 0 Å². The van der Waals surface area contributed by atoms with E-state index >= 15 is 0 Å².